The fourth-order valence-corrected chi connectivity index (χ4v) is 4.33. The van der Waals surface area contributed by atoms with Crippen LogP contribution in [0.5, 0.6) is 0 Å². The number of hydrogen-bond donors (Lipinski definition) is 2. The topological polar surface area (TPSA) is 72.2 Å². The van der Waals surface area contributed by atoms with E-state index in [1.165, 1.54) is 18.2 Å². The van der Waals surface area contributed by atoms with Gasteiger partial charge in [0.2, 0.25) is 0 Å². The van der Waals surface area contributed by atoms with Crippen LogP contribution >= 0.6 is 27.3 Å². The van der Waals surface area contributed by atoms with E-state index < -0.39 is 15.8 Å². The minimum atomic E-state index is -3.77. The van der Waals surface area contributed by atoms with Crippen molar-refractivity contribution < 1.29 is 12.8 Å². The third-order valence-electron chi connectivity index (χ3n) is 2.05. The zero-order valence-electron chi connectivity index (χ0n) is 8.85. The first kappa shape index (κ1) is 13.3. The van der Waals surface area contributed by atoms with Crippen LogP contribution in [-0.4, -0.2) is 8.42 Å². The summed E-state index contributed by atoms with van der Waals surface area (Å²) in [5, 5.41) is 0. The molecule has 0 atom stereocenters. The van der Waals surface area contributed by atoms with Gasteiger partial charge in [0.15, 0.2) is 0 Å². The number of sulfonamides is 1. The molecule has 0 aliphatic carbocycles. The molecule has 0 saturated heterocycles. The van der Waals surface area contributed by atoms with E-state index in [4.69, 9.17) is 5.73 Å². The number of hydrogen-bond acceptors (Lipinski definition) is 4. The van der Waals surface area contributed by atoms with Crippen LogP contribution in [0.1, 0.15) is 0 Å². The van der Waals surface area contributed by atoms with Gasteiger partial charge >= 0.3 is 0 Å². The highest BCUT2D eigenvalue weighted by atomic mass is 79.9. The van der Waals surface area contributed by atoms with Gasteiger partial charge in [-0.25, -0.2) is 12.8 Å². The molecule has 8 heteroatoms. The lowest BCUT2D eigenvalue weighted by Gasteiger charge is -2.07. The number of thiophene rings is 1. The van der Waals surface area contributed by atoms with Gasteiger partial charge in [0.1, 0.15) is 10.0 Å². The van der Waals surface area contributed by atoms with Crippen molar-refractivity contribution in [1.82, 2.24) is 0 Å². The number of benzene rings is 1. The Kier molecular flexibility index (Phi) is 3.60. The smallest absolute Gasteiger partial charge is 0.271 e. The molecule has 1 aromatic heterocycles. The summed E-state index contributed by atoms with van der Waals surface area (Å²) >= 11 is 4.21. The number of nitrogen functional groups attached to an aromatic ring is 1. The average molecular weight is 351 g/mol. The van der Waals surface area contributed by atoms with Crippen LogP contribution in [0, 0.1) is 5.82 Å². The van der Waals surface area contributed by atoms with Crippen LogP contribution in [0.25, 0.3) is 0 Å². The third kappa shape index (κ3) is 2.82. The minimum Gasteiger partial charge on any atom is -0.399 e. The Balaban J connectivity index is 2.33. The van der Waals surface area contributed by atoms with Crippen LogP contribution in [0.15, 0.2) is 38.3 Å². The molecule has 0 fully saturated rings. The van der Waals surface area contributed by atoms with Gasteiger partial charge in [0.25, 0.3) is 10.0 Å². The van der Waals surface area contributed by atoms with Crippen LogP contribution < -0.4 is 10.5 Å². The second kappa shape index (κ2) is 4.87. The molecule has 18 heavy (non-hydrogen) atoms. The zero-order chi connectivity index (χ0) is 13.3. The molecular weight excluding hydrogens is 343 g/mol. The van der Waals surface area contributed by atoms with Crippen LogP contribution in [0.4, 0.5) is 15.8 Å². The monoisotopic (exact) mass is 350 g/mol. The van der Waals surface area contributed by atoms with Gasteiger partial charge in [-0.2, -0.15) is 0 Å². The molecule has 2 aromatic rings. The summed E-state index contributed by atoms with van der Waals surface area (Å²) in [6, 6.07) is 6.81. The van der Waals surface area contributed by atoms with E-state index in [2.05, 4.69) is 20.7 Å². The Morgan fingerprint density at radius 1 is 1.28 bits per heavy atom. The maximum Gasteiger partial charge on any atom is 0.271 e. The Bertz CT molecular complexity index is 685. The van der Waals surface area contributed by atoms with Crippen molar-refractivity contribution in [2.24, 2.45) is 0 Å². The van der Waals surface area contributed by atoms with Gasteiger partial charge in [-0.1, -0.05) is 0 Å². The predicted molar refractivity (Wildman–Crippen MR) is 73.6 cm³/mol. The molecule has 4 nitrogen and oxygen atoms in total. The normalized spacial score (nSPS) is 11.4. The third-order valence-corrected chi connectivity index (χ3v) is 5.53. The molecular formula is C10H8BrFN2O2S2. The van der Waals surface area contributed by atoms with Crippen LogP contribution in [-0.2, 0) is 10.0 Å². The summed E-state index contributed by atoms with van der Waals surface area (Å²) in [6.07, 6.45) is 0. The summed E-state index contributed by atoms with van der Waals surface area (Å²) in [5.74, 6) is -0.714. The Labute approximate surface area is 116 Å². The van der Waals surface area contributed by atoms with Crippen molar-refractivity contribution in [3.8, 4) is 0 Å². The number of nitrogens with two attached hydrogens (primary N) is 1. The van der Waals surface area contributed by atoms with E-state index >= 15 is 0 Å². The molecule has 1 aromatic carbocycles. The summed E-state index contributed by atoms with van der Waals surface area (Å²) in [7, 11) is -3.77. The second-order valence-corrected chi connectivity index (χ2v) is 7.78. The standard InChI is InChI=1S/C10H8BrFN2O2S2/c11-9-3-4-10(17-9)18(15,16)14-8-2-1-6(13)5-7(8)12/h1-5,14H,13H2. The van der Waals surface area contributed by atoms with Crippen molar-refractivity contribution >= 4 is 48.7 Å². The van der Waals surface area contributed by atoms with E-state index in [9.17, 15) is 12.8 Å². The van der Waals surface area contributed by atoms with E-state index in [0.29, 0.717) is 3.79 Å². The quantitative estimate of drug-likeness (QED) is 0.835. The molecule has 96 valence electrons. The lowest BCUT2D eigenvalue weighted by molar-refractivity contribution is 0.600. The largest absolute Gasteiger partial charge is 0.399 e. The van der Waals surface area contributed by atoms with E-state index in [0.717, 1.165) is 17.4 Å². The minimum absolute atomic E-state index is 0.102. The van der Waals surface area contributed by atoms with Gasteiger partial charge in [-0.3, -0.25) is 4.72 Å². The lowest BCUT2D eigenvalue weighted by atomic mass is 10.3. The number of rotatable bonds is 3. The summed E-state index contributed by atoms with van der Waals surface area (Å²) in [6.45, 7) is 0. The molecule has 0 bridgehead atoms. The van der Waals surface area contributed by atoms with Crippen molar-refractivity contribution in [2.45, 2.75) is 4.21 Å². The fraction of sp³-hybridized carbons (Fsp3) is 0. The van der Waals surface area contributed by atoms with Gasteiger partial charge in [0.05, 0.1) is 9.47 Å². The molecule has 1 heterocycles. The SMILES string of the molecule is Nc1ccc(NS(=O)(=O)c2ccc(Br)s2)c(F)c1. The first-order valence-corrected chi connectivity index (χ1v) is 7.81. The van der Waals surface area contributed by atoms with Crippen LogP contribution in [0.3, 0.4) is 0 Å². The molecule has 3 N–H and O–H groups in total. The number of halogens is 2. The van der Waals surface area contributed by atoms with E-state index in [1.807, 2.05) is 0 Å². The van der Waals surface area contributed by atoms with Gasteiger partial charge in [0, 0.05) is 5.69 Å². The molecule has 0 amide bonds. The Morgan fingerprint density at radius 2 is 2.00 bits per heavy atom. The molecule has 0 saturated carbocycles. The maximum absolute atomic E-state index is 13.5. The van der Waals surface area contributed by atoms with E-state index in [-0.39, 0.29) is 15.6 Å². The number of anilines is 2. The molecule has 0 spiro atoms. The van der Waals surface area contributed by atoms with Gasteiger partial charge in [-0.15, -0.1) is 11.3 Å². The first-order valence-electron chi connectivity index (χ1n) is 4.72. The molecule has 0 unspecified atom stereocenters. The fourth-order valence-electron chi connectivity index (χ4n) is 1.25. The van der Waals surface area contributed by atoms with Crippen molar-refractivity contribution in [1.29, 1.82) is 0 Å². The zero-order valence-corrected chi connectivity index (χ0v) is 12.1. The molecule has 0 radical (unpaired) electrons. The average Bonchev–Trinajstić information content (AvgIpc) is 2.70. The van der Waals surface area contributed by atoms with Gasteiger partial charge in [-0.05, 0) is 46.3 Å². The Hall–Kier alpha value is -1.12. The molecule has 0 aliphatic rings. The highest BCUT2D eigenvalue weighted by Crippen LogP contribution is 2.28. The second-order valence-electron chi connectivity index (χ2n) is 3.40. The van der Waals surface area contributed by atoms with E-state index in [1.54, 1.807) is 6.07 Å². The lowest BCUT2D eigenvalue weighted by Crippen LogP contribution is -2.12. The summed E-state index contributed by atoms with van der Waals surface area (Å²) in [4.78, 5) is 0. The van der Waals surface area contributed by atoms with Gasteiger partial charge < -0.3 is 5.73 Å². The summed E-state index contributed by atoms with van der Waals surface area (Å²) < 4.78 is 40.3. The van der Waals surface area contributed by atoms with Crippen molar-refractivity contribution in [3.63, 3.8) is 0 Å². The van der Waals surface area contributed by atoms with Crippen molar-refractivity contribution in [3.05, 3.63) is 39.9 Å². The predicted octanol–water partition coefficient (Wildman–Crippen LogP) is 3.03. The highest BCUT2D eigenvalue weighted by molar-refractivity contribution is 9.11. The number of nitrogens with one attached hydrogen (secondary N) is 1. The van der Waals surface area contributed by atoms with Crippen molar-refractivity contribution in [2.75, 3.05) is 10.5 Å². The molecule has 0 aliphatic heterocycles. The van der Waals surface area contributed by atoms with Crippen LogP contribution in [0.2, 0.25) is 0 Å². The first-order chi connectivity index (χ1) is 8.38. The highest BCUT2D eigenvalue weighted by Gasteiger charge is 2.18. The molecule has 2 rings (SSSR count). The maximum atomic E-state index is 13.5. The summed E-state index contributed by atoms with van der Waals surface area (Å²) in [5.41, 5.74) is 5.48. The Morgan fingerprint density at radius 3 is 2.56 bits per heavy atom.